The normalized spacial score (nSPS) is 10.2. The molecule has 0 aliphatic rings. The van der Waals surface area contributed by atoms with Crippen LogP contribution < -0.4 is 16.0 Å². The van der Waals surface area contributed by atoms with Gasteiger partial charge >= 0.3 is 0 Å². The highest BCUT2D eigenvalue weighted by molar-refractivity contribution is 7.98. The molecule has 0 unspecified atom stereocenters. The Morgan fingerprint density at radius 1 is 1.29 bits per heavy atom. The molecule has 21 heavy (non-hydrogen) atoms. The zero-order chi connectivity index (χ0) is 15.2. The first kappa shape index (κ1) is 15.1. The molecular formula is C14H15N3O3S. The molecule has 2 aromatic rings. The number of hydrogen-bond acceptors (Lipinski definition) is 6. The number of nitrogens with two attached hydrogens (primary N) is 1. The molecule has 2 aromatic carbocycles. The van der Waals surface area contributed by atoms with E-state index in [0.29, 0.717) is 6.61 Å². The third-order valence-corrected chi connectivity index (χ3v) is 3.62. The summed E-state index contributed by atoms with van der Waals surface area (Å²) in [5.74, 6) is 6.04. The summed E-state index contributed by atoms with van der Waals surface area (Å²) in [6.07, 6.45) is 2.01. The first-order valence-electron chi connectivity index (χ1n) is 6.15. The molecule has 6 nitrogen and oxygen atoms in total. The van der Waals surface area contributed by atoms with Gasteiger partial charge in [0, 0.05) is 11.0 Å². The average Bonchev–Trinajstić information content (AvgIpc) is 2.52. The highest BCUT2D eigenvalue weighted by Crippen LogP contribution is 2.25. The summed E-state index contributed by atoms with van der Waals surface area (Å²) in [6, 6.07) is 12.4. The molecule has 0 aromatic heterocycles. The van der Waals surface area contributed by atoms with Crippen molar-refractivity contribution in [2.24, 2.45) is 5.84 Å². The Morgan fingerprint density at radius 2 is 2.00 bits per heavy atom. The fraction of sp³-hybridized carbons (Fsp3) is 0.143. The minimum Gasteiger partial charge on any atom is -0.489 e. The van der Waals surface area contributed by atoms with E-state index in [1.165, 1.54) is 6.07 Å². The van der Waals surface area contributed by atoms with Gasteiger partial charge in [-0.2, -0.15) is 0 Å². The van der Waals surface area contributed by atoms with E-state index in [2.05, 4.69) is 5.43 Å². The SMILES string of the molecule is CSc1ccc(OCc2ccc([N+](=O)[O-])c(NN)c2)cc1. The summed E-state index contributed by atoms with van der Waals surface area (Å²) in [5, 5.41) is 10.8. The molecule has 0 fully saturated rings. The largest absolute Gasteiger partial charge is 0.489 e. The van der Waals surface area contributed by atoms with Crippen molar-refractivity contribution in [3.8, 4) is 5.75 Å². The van der Waals surface area contributed by atoms with Gasteiger partial charge in [-0.25, -0.2) is 0 Å². The molecule has 0 saturated heterocycles. The lowest BCUT2D eigenvalue weighted by molar-refractivity contribution is -0.384. The van der Waals surface area contributed by atoms with Crippen molar-refractivity contribution in [2.45, 2.75) is 11.5 Å². The standard InChI is InChI=1S/C14H15N3O3S/c1-21-12-5-3-11(4-6-12)20-9-10-2-7-14(17(18)19)13(8-10)16-15/h2-8,16H,9,15H2,1H3. The van der Waals surface area contributed by atoms with Crippen LogP contribution in [-0.4, -0.2) is 11.2 Å². The van der Waals surface area contributed by atoms with Crippen LogP contribution in [0.3, 0.4) is 0 Å². The number of benzene rings is 2. The van der Waals surface area contributed by atoms with Crippen LogP contribution in [-0.2, 0) is 6.61 Å². The number of ether oxygens (including phenoxy) is 1. The van der Waals surface area contributed by atoms with Crippen molar-refractivity contribution in [3.05, 3.63) is 58.1 Å². The van der Waals surface area contributed by atoms with Gasteiger partial charge in [-0.15, -0.1) is 11.8 Å². The molecule has 0 spiro atoms. The third kappa shape index (κ3) is 3.87. The van der Waals surface area contributed by atoms with Crippen molar-refractivity contribution in [1.29, 1.82) is 0 Å². The predicted molar refractivity (Wildman–Crippen MR) is 83.5 cm³/mol. The van der Waals surface area contributed by atoms with Crippen LogP contribution in [0.1, 0.15) is 5.56 Å². The third-order valence-electron chi connectivity index (χ3n) is 2.88. The minimum atomic E-state index is -0.485. The Bertz CT molecular complexity index is 632. The molecular weight excluding hydrogens is 290 g/mol. The topological polar surface area (TPSA) is 90.4 Å². The fourth-order valence-corrected chi connectivity index (χ4v) is 2.19. The van der Waals surface area contributed by atoms with Crippen LogP contribution in [0.2, 0.25) is 0 Å². The number of rotatable bonds is 6. The number of nitro groups is 1. The lowest BCUT2D eigenvalue weighted by Crippen LogP contribution is -2.09. The van der Waals surface area contributed by atoms with Gasteiger partial charge < -0.3 is 10.2 Å². The monoisotopic (exact) mass is 305 g/mol. The number of anilines is 1. The predicted octanol–water partition coefficient (Wildman–Crippen LogP) is 3.18. The van der Waals surface area contributed by atoms with E-state index in [0.717, 1.165) is 16.2 Å². The Kier molecular flexibility index (Phi) is 5.02. The maximum absolute atomic E-state index is 10.8. The van der Waals surface area contributed by atoms with Gasteiger partial charge in [-0.1, -0.05) is 0 Å². The Morgan fingerprint density at radius 3 is 2.57 bits per heavy atom. The molecule has 0 heterocycles. The van der Waals surface area contributed by atoms with Crippen LogP contribution in [0.15, 0.2) is 47.4 Å². The second kappa shape index (κ2) is 6.96. The van der Waals surface area contributed by atoms with Crippen LogP contribution >= 0.6 is 11.8 Å². The highest BCUT2D eigenvalue weighted by atomic mass is 32.2. The molecule has 0 aliphatic heterocycles. The molecule has 3 N–H and O–H groups in total. The van der Waals surface area contributed by atoms with E-state index >= 15 is 0 Å². The van der Waals surface area contributed by atoms with Crippen molar-refractivity contribution in [2.75, 3.05) is 11.7 Å². The van der Waals surface area contributed by atoms with Crippen LogP contribution in [0, 0.1) is 10.1 Å². The maximum atomic E-state index is 10.8. The Labute approximate surface area is 126 Å². The second-order valence-electron chi connectivity index (χ2n) is 4.22. The van der Waals surface area contributed by atoms with Gasteiger partial charge in [0.05, 0.1) is 4.92 Å². The summed E-state index contributed by atoms with van der Waals surface area (Å²) in [7, 11) is 0. The van der Waals surface area contributed by atoms with Gasteiger partial charge in [0.25, 0.3) is 5.69 Å². The molecule has 2 rings (SSSR count). The van der Waals surface area contributed by atoms with E-state index in [4.69, 9.17) is 10.6 Å². The van der Waals surface area contributed by atoms with Gasteiger partial charge in [0.2, 0.25) is 0 Å². The first-order valence-corrected chi connectivity index (χ1v) is 7.37. The smallest absolute Gasteiger partial charge is 0.293 e. The summed E-state index contributed by atoms with van der Waals surface area (Å²) in [5.41, 5.74) is 3.32. The van der Waals surface area contributed by atoms with Crippen molar-refractivity contribution in [3.63, 3.8) is 0 Å². The van der Waals surface area contributed by atoms with Crippen LogP contribution in [0.5, 0.6) is 5.75 Å². The first-order chi connectivity index (χ1) is 10.1. The summed E-state index contributed by atoms with van der Waals surface area (Å²) < 4.78 is 5.64. The van der Waals surface area contributed by atoms with E-state index < -0.39 is 4.92 Å². The molecule has 110 valence electrons. The number of nitrogens with zero attached hydrogens (tertiary/aromatic N) is 1. The minimum absolute atomic E-state index is 0.0643. The summed E-state index contributed by atoms with van der Waals surface area (Å²) in [4.78, 5) is 11.5. The molecule has 0 aliphatic carbocycles. The molecule has 0 saturated carbocycles. The van der Waals surface area contributed by atoms with Gasteiger partial charge in [-0.3, -0.25) is 16.0 Å². The van der Waals surface area contributed by atoms with E-state index in [9.17, 15) is 10.1 Å². The Balaban J connectivity index is 2.07. The lowest BCUT2D eigenvalue weighted by Gasteiger charge is -2.08. The zero-order valence-electron chi connectivity index (χ0n) is 11.4. The molecule has 0 bridgehead atoms. The lowest BCUT2D eigenvalue weighted by atomic mass is 10.2. The quantitative estimate of drug-likeness (QED) is 0.369. The number of nitro benzene ring substituents is 1. The zero-order valence-corrected chi connectivity index (χ0v) is 12.2. The van der Waals surface area contributed by atoms with Gasteiger partial charge in [-0.05, 0) is 48.2 Å². The van der Waals surface area contributed by atoms with Crippen molar-refractivity contribution in [1.82, 2.24) is 0 Å². The number of thioether (sulfide) groups is 1. The summed E-state index contributed by atoms with van der Waals surface area (Å²) in [6.45, 7) is 0.311. The molecule has 0 atom stereocenters. The maximum Gasteiger partial charge on any atom is 0.293 e. The van der Waals surface area contributed by atoms with E-state index in [1.807, 2.05) is 30.5 Å². The van der Waals surface area contributed by atoms with Crippen molar-refractivity contribution >= 4 is 23.1 Å². The van der Waals surface area contributed by atoms with Crippen LogP contribution in [0.4, 0.5) is 11.4 Å². The Hall–Kier alpha value is -2.25. The molecule has 0 amide bonds. The second-order valence-corrected chi connectivity index (χ2v) is 5.10. The van der Waals surface area contributed by atoms with Crippen LogP contribution in [0.25, 0.3) is 0 Å². The number of hydrogen-bond donors (Lipinski definition) is 2. The number of nitrogen functional groups attached to an aromatic ring is 1. The number of nitrogens with one attached hydrogen (secondary N) is 1. The number of hydrazine groups is 1. The average molecular weight is 305 g/mol. The molecule has 7 heteroatoms. The molecule has 0 radical (unpaired) electrons. The van der Waals surface area contributed by atoms with Gasteiger partial charge in [0.15, 0.2) is 0 Å². The van der Waals surface area contributed by atoms with Crippen molar-refractivity contribution < 1.29 is 9.66 Å². The van der Waals surface area contributed by atoms with E-state index in [-0.39, 0.29) is 11.4 Å². The fourth-order valence-electron chi connectivity index (χ4n) is 1.79. The summed E-state index contributed by atoms with van der Waals surface area (Å²) >= 11 is 1.66. The highest BCUT2D eigenvalue weighted by Gasteiger charge is 2.13. The van der Waals surface area contributed by atoms with E-state index in [1.54, 1.807) is 23.9 Å². The van der Waals surface area contributed by atoms with Gasteiger partial charge in [0.1, 0.15) is 18.0 Å².